The van der Waals surface area contributed by atoms with Gasteiger partial charge in [-0.3, -0.25) is 4.79 Å². The molecule has 0 bridgehead atoms. The van der Waals surface area contributed by atoms with Gasteiger partial charge in [-0.25, -0.2) is 8.70 Å². The van der Waals surface area contributed by atoms with Crippen LogP contribution in [-0.2, 0) is 15.0 Å². The fourth-order valence-corrected chi connectivity index (χ4v) is 3.42. The highest BCUT2D eigenvalue weighted by atomic mass is 32.2. The Balaban J connectivity index is 2.21. The van der Waals surface area contributed by atoms with Gasteiger partial charge in [0.1, 0.15) is 12.4 Å². The second-order valence-electron chi connectivity index (χ2n) is 5.97. The summed E-state index contributed by atoms with van der Waals surface area (Å²) in [4.78, 5) is 12.4. The molecule has 0 aliphatic carbocycles. The minimum Gasteiger partial charge on any atom is -0.348 e. The van der Waals surface area contributed by atoms with E-state index in [9.17, 15) is 17.6 Å². The first kappa shape index (κ1) is 19.9. The number of hydrogen-bond donors (Lipinski definition) is 1. The van der Waals surface area contributed by atoms with Crippen LogP contribution in [0, 0.1) is 5.82 Å². The number of carbonyl (C=O) groups is 1. The zero-order valence-corrected chi connectivity index (χ0v) is 15.7. The molecule has 0 saturated heterocycles. The summed E-state index contributed by atoms with van der Waals surface area (Å²) in [7, 11) is -1.17. The molecule has 0 radical (unpaired) electrons. The van der Waals surface area contributed by atoms with E-state index in [2.05, 4.69) is 5.32 Å². The van der Waals surface area contributed by atoms with E-state index < -0.39 is 28.5 Å². The molecular formula is C18H22FN3O3S. The third-order valence-corrected chi connectivity index (χ3v) is 5.64. The summed E-state index contributed by atoms with van der Waals surface area (Å²) in [5.74, 6) is -0.950. The zero-order chi connectivity index (χ0) is 19.3. The smallest absolute Gasteiger partial charge is 0.304 e. The van der Waals surface area contributed by atoms with E-state index in [4.69, 9.17) is 0 Å². The summed E-state index contributed by atoms with van der Waals surface area (Å²) in [6.45, 7) is 1.40. The van der Waals surface area contributed by atoms with Crippen LogP contribution in [0.5, 0.6) is 0 Å². The summed E-state index contributed by atoms with van der Waals surface area (Å²) in [5.41, 5.74) is 1.12. The van der Waals surface area contributed by atoms with E-state index in [1.165, 1.54) is 26.2 Å². The van der Waals surface area contributed by atoms with Crippen molar-refractivity contribution < 1.29 is 17.6 Å². The van der Waals surface area contributed by atoms with Crippen molar-refractivity contribution in [3.05, 3.63) is 66.0 Å². The Labute approximate surface area is 153 Å². The molecular weight excluding hydrogens is 357 g/mol. The molecule has 2 aromatic rings. The van der Waals surface area contributed by atoms with Crippen molar-refractivity contribution in [3.63, 3.8) is 0 Å². The molecule has 0 aliphatic rings. The predicted molar refractivity (Wildman–Crippen MR) is 99.4 cm³/mol. The number of benzene rings is 2. The number of anilines is 1. The Kier molecular flexibility index (Phi) is 6.33. The monoisotopic (exact) mass is 379 g/mol. The molecule has 1 N–H and O–H groups in total. The Bertz CT molecular complexity index is 840. The van der Waals surface area contributed by atoms with E-state index >= 15 is 0 Å². The Hall–Kier alpha value is -2.45. The lowest BCUT2D eigenvalue weighted by atomic mass is 10.1. The number of hydrogen-bond acceptors (Lipinski definition) is 3. The maximum Gasteiger partial charge on any atom is 0.304 e. The molecule has 1 amide bonds. The summed E-state index contributed by atoms with van der Waals surface area (Å²) in [6, 6.07) is 14.0. The van der Waals surface area contributed by atoms with Crippen LogP contribution in [0.4, 0.5) is 10.1 Å². The van der Waals surface area contributed by atoms with Crippen molar-refractivity contribution in [2.24, 2.45) is 0 Å². The topological polar surface area (TPSA) is 69.7 Å². The van der Waals surface area contributed by atoms with Gasteiger partial charge in [0.2, 0.25) is 5.91 Å². The third-order valence-electron chi connectivity index (χ3n) is 3.82. The molecule has 0 fully saturated rings. The van der Waals surface area contributed by atoms with Crippen LogP contribution in [0.1, 0.15) is 18.5 Å². The molecule has 140 valence electrons. The van der Waals surface area contributed by atoms with Crippen molar-refractivity contribution in [2.75, 3.05) is 24.9 Å². The molecule has 0 aliphatic heterocycles. The molecule has 0 heterocycles. The van der Waals surface area contributed by atoms with Crippen LogP contribution in [0.15, 0.2) is 54.6 Å². The van der Waals surface area contributed by atoms with Crippen LogP contribution >= 0.6 is 0 Å². The quantitative estimate of drug-likeness (QED) is 0.803. The molecule has 0 unspecified atom stereocenters. The molecule has 0 spiro atoms. The number of amides is 1. The van der Waals surface area contributed by atoms with E-state index in [0.29, 0.717) is 0 Å². The number of rotatable bonds is 7. The lowest BCUT2D eigenvalue weighted by Crippen LogP contribution is -2.46. The van der Waals surface area contributed by atoms with Gasteiger partial charge in [-0.2, -0.15) is 12.7 Å². The van der Waals surface area contributed by atoms with E-state index in [-0.39, 0.29) is 11.7 Å². The van der Waals surface area contributed by atoms with Gasteiger partial charge in [0.25, 0.3) is 0 Å². The molecule has 2 aromatic carbocycles. The molecule has 2 rings (SSSR count). The molecule has 1 atom stereocenters. The minimum absolute atomic E-state index is 0.211. The maximum absolute atomic E-state index is 13.2. The molecule has 26 heavy (non-hydrogen) atoms. The average molecular weight is 379 g/mol. The predicted octanol–water partition coefficient (Wildman–Crippen LogP) is 2.32. The lowest BCUT2D eigenvalue weighted by Gasteiger charge is -2.27. The highest BCUT2D eigenvalue weighted by molar-refractivity contribution is 7.90. The summed E-state index contributed by atoms with van der Waals surface area (Å²) in [5, 5.41) is 2.78. The summed E-state index contributed by atoms with van der Waals surface area (Å²) >= 11 is 0. The van der Waals surface area contributed by atoms with Gasteiger partial charge in [-0.05, 0) is 36.8 Å². The first-order valence-corrected chi connectivity index (χ1v) is 9.41. The Morgan fingerprint density at radius 1 is 1.08 bits per heavy atom. The van der Waals surface area contributed by atoms with Crippen LogP contribution < -0.4 is 9.62 Å². The van der Waals surface area contributed by atoms with E-state index in [1.54, 1.807) is 0 Å². The fraction of sp³-hybridized carbons (Fsp3) is 0.278. The first-order chi connectivity index (χ1) is 12.2. The highest BCUT2D eigenvalue weighted by Crippen LogP contribution is 2.20. The van der Waals surface area contributed by atoms with E-state index in [0.717, 1.165) is 26.3 Å². The molecule has 6 nitrogen and oxygen atoms in total. The standard InChI is InChI=1S/C18H22FN3O3S/c1-14(15-7-5-4-6-8-15)20-18(23)13-22(26(24,25)21(2)3)17-11-9-16(19)10-12-17/h4-12,14H,13H2,1-3H3,(H,20,23)/t14-/m1/s1. The van der Waals surface area contributed by atoms with Crippen molar-refractivity contribution in [2.45, 2.75) is 13.0 Å². The van der Waals surface area contributed by atoms with Crippen LogP contribution in [0.25, 0.3) is 0 Å². The van der Waals surface area contributed by atoms with Crippen molar-refractivity contribution in [1.82, 2.24) is 9.62 Å². The van der Waals surface area contributed by atoms with Crippen molar-refractivity contribution >= 4 is 21.8 Å². The molecule has 0 saturated carbocycles. The number of nitrogens with one attached hydrogen (secondary N) is 1. The average Bonchev–Trinajstić information content (AvgIpc) is 2.61. The Morgan fingerprint density at radius 3 is 2.19 bits per heavy atom. The Morgan fingerprint density at radius 2 is 1.65 bits per heavy atom. The first-order valence-electron chi connectivity index (χ1n) is 8.02. The summed E-state index contributed by atoms with van der Waals surface area (Å²) < 4.78 is 40.3. The third kappa shape index (κ3) is 4.80. The van der Waals surface area contributed by atoms with Crippen LogP contribution in [0.2, 0.25) is 0 Å². The van der Waals surface area contributed by atoms with Crippen molar-refractivity contribution in [1.29, 1.82) is 0 Å². The second kappa shape index (κ2) is 8.29. The summed E-state index contributed by atoms with van der Waals surface area (Å²) in [6.07, 6.45) is 0. The van der Waals surface area contributed by atoms with Crippen molar-refractivity contribution in [3.8, 4) is 0 Å². The van der Waals surface area contributed by atoms with Gasteiger partial charge in [0, 0.05) is 14.1 Å². The fourth-order valence-electron chi connectivity index (χ4n) is 2.35. The van der Waals surface area contributed by atoms with Gasteiger partial charge in [-0.1, -0.05) is 30.3 Å². The number of nitrogens with zero attached hydrogens (tertiary/aromatic N) is 2. The van der Waals surface area contributed by atoms with E-state index in [1.807, 2.05) is 37.3 Å². The van der Waals surface area contributed by atoms with Crippen LogP contribution in [-0.4, -0.2) is 39.3 Å². The van der Waals surface area contributed by atoms with Gasteiger partial charge in [0.15, 0.2) is 0 Å². The maximum atomic E-state index is 13.2. The van der Waals surface area contributed by atoms with Gasteiger partial charge in [0.05, 0.1) is 11.7 Å². The zero-order valence-electron chi connectivity index (χ0n) is 14.9. The molecule has 0 aromatic heterocycles. The highest BCUT2D eigenvalue weighted by Gasteiger charge is 2.27. The number of carbonyl (C=O) groups excluding carboxylic acids is 1. The molecule has 8 heteroatoms. The minimum atomic E-state index is -3.92. The van der Waals surface area contributed by atoms with Gasteiger partial charge >= 0.3 is 10.2 Å². The lowest BCUT2D eigenvalue weighted by molar-refractivity contribution is -0.120. The normalized spacial score (nSPS) is 12.7. The largest absolute Gasteiger partial charge is 0.348 e. The SMILES string of the molecule is C[C@@H](NC(=O)CN(c1ccc(F)cc1)S(=O)(=O)N(C)C)c1ccccc1. The van der Waals surface area contributed by atoms with Gasteiger partial charge in [-0.15, -0.1) is 0 Å². The second-order valence-corrected chi connectivity index (χ2v) is 8.04. The number of halogens is 1. The van der Waals surface area contributed by atoms with Crippen LogP contribution in [0.3, 0.4) is 0 Å². The van der Waals surface area contributed by atoms with Gasteiger partial charge < -0.3 is 5.32 Å².